The van der Waals surface area contributed by atoms with Crippen molar-refractivity contribution in [2.75, 3.05) is 7.05 Å². The molecule has 0 radical (unpaired) electrons. The summed E-state index contributed by atoms with van der Waals surface area (Å²) in [7, 11) is 1.31. The van der Waals surface area contributed by atoms with Gasteiger partial charge in [0.15, 0.2) is 0 Å². The largest absolute Gasteiger partial charge is 0.403 e. The summed E-state index contributed by atoms with van der Waals surface area (Å²) in [6, 6.07) is -1.35. The van der Waals surface area contributed by atoms with Gasteiger partial charge in [0.1, 0.15) is 6.04 Å². The highest BCUT2D eigenvalue weighted by molar-refractivity contribution is 4.70. The quantitative estimate of drug-likeness (QED) is 0.615. The van der Waals surface area contributed by atoms with Gasteiger partial charge < -0.3 is 5.32 Å². The molecule has 1 atom stereocenters. The third-order valence-electron chi connectivity index (χ3n) is 1.15. The lowest BCUT2D eigenvalue weighted by Crippen LogP contribution is -2.39. The van der Waals surface area contributed by atoms with E-state index in [1.165, 1.54) is 14.0 Å². The molecule has 0 aromatic carbocycles. The first-order valence-electron chi connectivity index (χ1n) is 2.76. The first-order chi connectivity index (χ1) is 4.02. The van der Waals surface area contributed by atoms with Crippen LogP contribution in [-0.4, -0.2) is 19.3 Å². The number of halogens is 3. The van der Waals surface area contributed by atoms with Crippen molar-refractivity contribution in [2.24, 2.45) is 0 Å². The molecule has 0 aliphatic heterocycles. The lowest BCUT2D eigenvalue weighted by molar-refractivity contribution is -0.154. The van der Waals surface area contributed by atoms with Crippen LogP contribution < -0.4 is 5.32 Å². The van der Waals surface area contributed by atoms with Crippen molar-refractivity contribution in [1.82, 2.24) is 5.32 Å². The molecule has 0 saturated carbocycles. The molecule has 4 heteroatoms. The van der Waals surface area contributed by atoms with Gasteiger partial charge in [-0.05, 0) is 13.5 Å². The van der Waals surface area contributed by atoms with Crippen LogP contribution >= 0.6 is 0 Å². The minimum absolute atomic E-state index is 0.0833. The number of nitrogens with one attached hydrogen (secondary N) is 1. The molecule has 0 aliphatic rings. The molecule has 9 heavy (non-hydrogen) atoms. The molecule has 0 unspecified atom stereocenters. The van der Waals surface area contributed by atoms with Gasteiger partial charge in [-0.1, -0.05) is 6.92 Å². The van der Waals surface area contributed by atoms with Crippen molar-refractivity contribution < 1.29 is 13.2 Å². The van der Waals surface area contributed by atoms with E-state index in [0.717, 1.165) is 0 Å². The van der Waals surface area contributed by atoms with E-state index >= 15 is 0 Å². The first-order valence-corrected chi connectivity index (χ1v) is 2.76. The second-order valence-corrected chi connectivity index (χ2v) is 1.79. The predicted octanol–water partition coefficient (Wildman–Crippen LogP) is 1.55. The molecule has 1 nitrogen and oxygen atoms in total. The molecule has 0 aromatic rings. The molecule has 0 saturated heterocycles. The molecule has 56 valence electrons. The fraction of sp³-hybridized carbons (Fsp3) is 1.00. The summed E-state index contributed by atoms with van der Waals surface area (Å²) in [5.74, 6) is 0. The SMILES string of the molecule is CC[C@@H](NC)C(F)(F)F. The van der Waals surface area contributed by atoms with E-state index in [1.807, 2.05) is 0 Å². The first kappa shape index (κ1) is 8.75. The Hall–Kier alpha value is -0.250. The van der Waals surface area contributed by atoms with Gasteiger partial charge in [-0.2, -0.15) is 13.2 Å². The summed E-state index contributed by atoms with van der Waals surface area (Å²) >= 11 is 0. The molecule has 0 heterocycles. The van der Waals surface area contributed by atoms with E-state index < -0.39 is 12.2 Å². The summed E-state index contributed by atoms with van der Waals surface area (Å²) in [5.41, 5.74) is 0. The zero-order chi connectivity index (χ0) is 7.49. The molecular weight excluding hydrogens is 131 g/mol. The van der Waals surface area contributed by atoms with E-state index in [0.29, 0.717) is 0 Å². The summed E-state index contributed by atoms with van der Waals surface area (Å²) < 4.78 is 35.0. The van der Waals surface area contributed by atoms with Crippen LogP contribution in [0.5, 0.6) is 0 Å². The van der Waals surface area contributed by atoms with Crippen LogP contribution in [0.15, 0.2) is 0 Å². The van der Waals surface area contributed by atoms with Gasteiger partial charge in [0.25, 0.3) is 0 Å². The third-order valence-corrected chi connectivity index (χ3v) is 1.15. The van der Waals surface area contributed by atoms with Crippen molar-refractivity contribution >= 4 is 0 Å². The normalized spacial score (nSPS) is 15.7. The van der Waals surface area contributed by atoms with Gasteiger partial charge in [-0.15, -0.1) is 0 Å². The lowest BCUT2D eigenvalue weighted by Gasteiger charge is -2.16. The highest BCUT2D eigenvalue weighted by atomic mass is 19.4. The maximum Gasteiger partial charge on any atom is 0.403 e. The van der Waals surface area contributed by atoms with Gasteiger partial charge in [0, 0.05) is 0 Å². The monoisotopic (exact) mass is 141 g/mol. The van der Waals surface area contributed by atoms with Crippen LogP contribution in [0, 0.1) is 0 Å². The second-order valence-electron chi connectivity index (χ2n) is 1.79. The Bertz CT molecular complexity index is 74.8. The average Bonchev–Trinajstić information content (AvgIpc) is 1.65. The topological polar surface area (TPSA) is 12.0 Å². The van der Waals surface area contributed by atoms with E-state index in [-0.39, 0.29) is 6.42 Å². The standard InChI is InChI=1S/C5H10F3N/c1-3-4(9-2)5(6,7)8/h4,9H,3H2,1-2H3/t4-/m1/s1. The van der Waals surface area contributed by atoms with Crippen LogP contribution in [0.4, 0.5) is 13.2 Å². The van der Waals surface area contributed by atoms with E-state index in [2.05, 4.69) is 5.32 Å². The fourth-order valence-corrected chi connectivity index (χ4v) is 0.599. The van der Waals surface area contributed by atoms with Gasteiger partial charge in [0.2, 0.25) is 0 Å². The lowest BCUT2D eigenvalue weighted by atomic mass is 10.2. The average molecular weight is 141 g/mol. The summed E-state index contributed by atoms with van der Waals surface area (Å²) in [6.45, 7) is 1.49. The van der Waals surface area contributed by atoms with Crippen molar-refractivity contribution in [2.45, 2.75) is 25.6 Å². The fourth-order valence-electron chi connectivity index (χ4n) is 0.599. The van der Waals surface area contributed by atoms with Gasteiger partial charge in [-0.3, -0.25) is 0 Å². The molecule has 0 fully saturated rings. The molecule has 0 amide bonds. The maximum atomic E-state index is 11.7. The summed E-state index contributed by atoms with van der Waals surface area (Å²) in [5, 5.41) is 2.17. The zero-order valence-electron chi connectivity index (χ0n) is 5.42. The Morgan fingerprint density at radius 2 is 1.89 bits per heavy atom. The highest BCUT2D eigenvalue weighted by Gasteiger charge is 2.36. The van der Waals surface area contributed by atoms with Crippen LogP contribution in [0.3, 0.4) is 0 Å². The van der Waals surface area contributed by atoms with Gasteiger partial charge in [-0.25, -0.2) is 0 Å². The Balaban J connectivity index is 3.79. The Morgan fingerprint density at radius 3 is 1.89 bits per heavy atom. The molecular formula is C5H10F3N. The van der Waals surface area contributed by atoms with Gasteiger partial charge in [0.05, 0.1) is 0 Å². The number of hydrogen-bond acceptors (Lipinski definition) is 1. The second kappa shape index (κ2) is 3.06. The van der Waals surface area contributed by atoms with Crippen LogP contribution in [-0.2, 0) is 0 Å². The Kier molecular flexibility index (Phi) is 2.97. The number of rotatable bonds is 2. The van der Waals surface area contributed by atoms with Crippen molar-refractivity contribution in [3.8, 4) is 0 Å². The van der Waals surface area contributed by atoms with Crippen LogP contribution in [0.2, 0.25) is 0 Å². The number of alkyl halides is 3. The Labute approximate surface area is 52.2 Å². The van der Waals surface area contributed by atoms with Crippen molar-refractivity contribution in [3.63, 3.8) is 0 Å². The Morgan fingerprint density at radius 1 is 1.44 bits per heavy atom. The van der Waals surface area contributed by atoms with E-state index in [9.17, 15) is 13.2 Å². The highest BCUT2D eigenvalue weighted by Crippen LogP contribution is 2.21. The minimum atomic E-state index is -4.09. The molecule has 1 N–H and O–H groups in total. The van der Waals surface area contributed by atoms with Crippen LogP contribution in [0.1, 0.15) is 13.3 Å². The molecule has 0 spiro atoms. The maximum absolute atomic E-state index is 11.7. The van der Waals surface area contributed by atoms with Crippen LogP contribution in [0.25, 0.3) is 0 Å². The van der Waals surface area contributed by atoms with Crippen molar-refractivity contribution in [3.05, 3.63) is 0 Å². The van der Waals surface area contributed by atoms with Crippen molar-refractivity contribution in [1.29, 1.82) is 0 Å². The zero-order valence-corrected chi connectivity index (χ0v) is 5.42. The molecule has 0 rings (SSSR count). The third kappa shape index (κ3) is 2.70. The van der Waals surface area contributed by atoms with E-state index in [4.69, 9.17) is 0 Å². The molecule has 0 aliphatic carbocycles. The minimum Gasteiger partial charge on any atom is -0.309 e. The molecule has 0 aromatic heterocycles. The summed E-state index contributed by atoms with van der Waals surface area (Å²) in [6.07, 6.45) is -4.01. The number of hydrogen-bond donors (Lipinski definition) is 1. The predicted molar refractivity (Wildman–Crippen MR) is 29.2 cm³/mol. The smallest absolute Gasteiger partial charge is 0.309 e. The van der Waals surface area contributed by atoms with Gasteiger partial charge >= 0.3 is 6.18 Å². The molecule has 0 bridgehead atoms. The summed E-state index contributed by atoms with van der Waals surface area (Å²) in [4.78, 5) is 0. The van der Waals surface area contributed by atoms with E-state index in [1.54, 1.807) is 0 Å².